The second kappa shape index (κ2) is 11.1. The minimum atomic E-state index is -1.64. The van der Waals surface area contributed by atoms with Crippen LogP contribution in [0.5, 0.6) is 0 Å². The van der Waals surface area contributed by atoms with E-state index in [2.05, 4.69) is 55.7 Å². The third-order valence-electron chi connectivity index (χ3n) is 4.15. The summed E-state index contributed by atoms with van der Waals surface area (Å²) in [4.78, 5) is 11.6. The van der Waals surface area contributed by atoms with E-state index in [0.29, 0.717) is 6.42 Å². The largest absolute Gasteiger partial charge is 0.469 e. The summed E-state index contributed by atoms with van der Waals surface area (Å²) in [5.74, 6) is 3.42. The number of hydrogen-bond donors (Lipinski definition) is 0. The Hall–Kier alpha value is -1.53. The Kier molecular flexibility index (Phi) is 9.48. The summed E-state index contributed by atoms with van der Waals surface area (Å²) in [6, 6.07) is 11.6. The Labute approximate surface area is 149 Å². The van der Waals surface area contributed by atoms with E-state index in [0.717, 1.165) is 18.9 Å². The van der Waals surface area contributed by atoms with Crippen molar-refractivity contribution >= 4 is 14.0 Å². The topological polar surface area (TPSA) is 26.3 Å². The van der Waals surface area contributed by atoms with E-state index >= 15 is 0 Å². The molecule has 3 heteroatoms. The molecule has 0 aliphatic rings. The molecule has 24 heavy (non-hydrogen) atoms. The highest BCUT2D eigenvalue weighted by molar-refractivity contribution is 6.84. The first-order valence-electron chi connectivity index (χ1n) is 9.10. The first kappa shape index (κ1) is 20.5. The van der Waals surface area contributed by atoms with Crippen LogP contribution in [0.1, 0.15) is 51.0 Å². The molecule has 0 bridgehead atoms. The van der Waals surface area contributed by atoms with Crippen LogP contribution in [0.4, 0.5) is 0 Å². The number of esters is 1. The zero-order valence-electron chi connectivity index (χ0n) is 15.7. The molecule has 132 valence electrons. The lowest BCUT2D eigenvalue weighted by Gasteiger charge is -2.16. The van der Waals surface area contributed by atoms with Crippen molar-refractivity contribution in [2.24, 2.45) is 5.92 Å². The van der Waals surface area contributed by atoms with Crippen molar-refractivity contribution in [3.05, 3.63) is 35.9 Å². The zero-order valence-corrected chi connectivity index (χ0v) is 16.7. The molecule has 0 aliphatic heterocycles. The number of hydrogen-bond acceptors (Lipinski definition) is 2. The number of carbonyl (C=O) groups excluding carboxylic acids is 1. The predicted octanol–water partition coefficient (Wildman–Crippen LogP) is 5.17. The third-order valence-corrected chi connectivity index (χ3v) is 6.26. The minimum Gasteiger partial charge on any atom is -0.469 e. The molecule has 1 aromatic carbocycles. The first-order valence-corrected chi connectivity index (χ1v) is 12.3. The number of ether oxygens (including phenoxy) is 1. The molecule has 2 nitrogen and oxygen atoms in total. The maximum Gasteiger partial charge on any atom is 0.306 e. The highest BCUT2D eigenvalue weighted by atomic mass is 28.3. The van der Waals surface area contributed by atoms with Crippen molar-refractivity contribution in [1.82, 2.24) is 0 Å². The highest BCUT2D eigenvalue weighted by Crippen LogP contribution is 2.16. The van der Waals surface area contributed by atoms with Gasteiger partial charge in [-0.25, -0.2) is 0 Å². The van der Waals surface area contributed by atoms with Crippen molar-refractivity contribution in [3.63, 3.8) is 0 Å². The molecule has 0 N–H and O–H groups in total. The fraction of sp³-hybridized carbons (Fsp3) is 0.571. The summed E-state index contributed by atoms with van der Waals surface area (Å²) in [5.41, 5.74) is 4.92. The van der Waals surface area contributed by atoms with E-state index in [1.807, 2.05) is 6.07 Å². The maximum absolute atomic E-state index is 11.6. The molecule has 0 aliphatic carbocycles. The molecular formula is C21H32O2Si. The number of rotatable bonds is 9. The Bertz CT molecular complexity index is 540. The van der Waals surface area contributed by atoms with Crippen molar-refractivity contribution in [1.29, 1.82) is 0 Å². The predicted molar refractivity (Wildman–Crippen MR) is 104 cm³/mol. The van der Waals surface area contributed by atoms with Gasteiger partial charge in [0.25, 0.3) is 0 Å². The monoisotopic (exact) mass is 344 g/mol. The molecule has 1 aromatic rings. The Balaban J connectivity index is 2.68. The van der Waals surface area contributed by atoms with E-state index < -0.39 is 8.07 Å². The van der Waals surface area contributed by atoms with Crippen molar-refractivity contribution < 1.29 is 9.53 Å². The zero-order chi connectivity index (χ0) is 17.8. The number of methoxy groups -OCH3 is 1. The Morgan fingerprint density at radius 3 is 2.50 bits per heavy atom. The number of carbonyl (C=O) groups is 1. The van der Waals surface area contributed by atoms with Crippen LogP contribution in [-0.2, 0) is 15.6 Å². The molecule has 0 aromatic heterocycles. The molecule has 0 saturated carbocycles. The Morgan fingerprint density at radius 2 is 1.88 bits per heavy atom. The van der Waals surface area contributed by atoms with Gasteiger partial charge in [-0.2, -0.15) is 0 Å². The van der Waals surface area contributed by atoms with Gasteiger partial charge in [-0.05, 0) is 18.0 Å². The van der Waals surface area contributed by atoms with E-state index in [9.17, 15) is 4.79 Å². The SMILES string of the molecule is CCCCCC[C@H](C#C[Si](C)(C)Cc1ccccc1)CC(=O)OC. The van der Waals surface area contributed by atoms with Crippen LogP contribution < -0.4 is 0 Å². The van der Waals surface area contributed by atoms with Crippen molar-refractivity contribution in [3.8, 4) is 11.5 Å². The lowest BCUT2D eigenvalue weighted by molar-refractivity contribution is -0.141. The lowest BCUT2D eigenvalue weighted by atomic mass is 9.98. The molecule has 0 unspecified atom stereocenters. The van der Waals surface area contributed by atoms with Crippen LogP contribution >= 0.6 is 0 Å². The van der Waals surface area contributed by atoms with Crippen molar-refractivity contribution in [2.75, 3.05) is 7.11 Å². The second-order valence-corrected chi connectivity index (χ2v) is 11.5. The first-order chi connectivity index (χ1) is 11.5. The average Bonchev–Trinajstić information content (AvgIpc) is 2.56. The van der Waals surface area contributed by atoms with Crippen molar-refractivity contribution in [2.45, 2.75) is 64.6 Å². The Morgan fingerprint density at radius 1 is 1.17 bits per heavy atom. The smallest absolute Gasteiger partial charge is 0.306 e. The fourth-order valence-corrected chi connectivity index (χ4v) is 4.71. The van der Waals surface area contributed by atoms with Gasteiger partial charge in [0.15, 0.2) is 0 Å². The maximum atomic E-state index is 11.6. The van der Waals surface area contributed by atoms with Gasteiger partial charge < -0.3 is 4.74 Å². The third kappa shape index (κ3) is 8.93. The van der Waals surface area contributed by atoms with E-state index in [1.165, 1.54) is 31.9 Å². The van der Waals surface area contributed by atoms with Crippen LogP contribution in [0.3, 0.4) is 0 Å². The molecule has 0 heterocycles. The average molecular weight is 345 g/mol. The molecule has 0 amide bonds. The van der Waals surface area contributed by atoms with Gasteiger partial charge in [-0.3, -0.25) is 4.79 Å². The van der Waals surface area contributed by atoms with Gasteiger partial charge >= 0.3 is 5.97 Å². The number of benzene rings is 1. The van der Waals surface area contributed by atoms with E-state index in [4.69, 9.17) is 4.74 Å². The fourth-order valence-electron chi connectivity index (χ4n) is 2.78. The van der Waals surface area contributed by atoms with E-state index in [1.54, 1.807) is 0 Å². The van der Waals surface area contributed by atoms with Gasteiger partial charge in [0.05, 0.1) is 13.5 Å². The molecule has 1 rings (SSSR count). The normalized spacial score (nSPS) is 12.2. The summed E-state index contributed by atoms with van der Waals surface area (Å²) < 4.78 is 4.84. The van der Waals surface area contributed by atoms with Crippen LogP contribution in [0.15, 0.2) is 30.3 Å². The molecule has 1 atom stereocenters. The molecule has 0 saturated heterocycles. The quantitative estimate of drug-likeness (QED) is 0.267. The lowest BCUT2D eigenvalue weighted by Crippen LogP contribution is -2.28. The molecule has 0 fully saturated rings. The second-order valence-electron chi connectivity index (χ2n) is 7.14. The minimum absolute atomic E-state index is 0.136. The summed E-state index contributed by atoms with van der Waals surface area (Å²) >= 11 is 0. The van der Waals surface area contributed by atoms with Gasteiger partial charge in [-0.15, -0.1) is 11.5 Å². The van der Waals surface area contributed by atoms with Gasteiger partial charge in [0, 0.05) is 5.92 Å². The van der Waals surface area contributed by atoms with Gasteiger partial charge in [0.1, 0.15) is 8.07 Å². The number of unbranched alkanes of at least 4 members (excludes halogenated alkanes) is 3. The molecule has 0 spiro atoms. The van der Waals surface area contributed by atoms with Gasteiger partial charge in [0.2, 0.25) is 0 Å². The highest BCUT2D eigenvalue weighted by Gasteiger charge is 2.19. The summed E-state index contributed by atoms with van der Waals surface area (Å²) in [6.45, 7) is 6.82. The van der Waals surface area contributed by atoms with Crippen LogP contribution in [0, 0.1) is 17.4 Å². The van der Waals surface area contributed by atoms with Crippen LogP contribution in [0.25, 0.3) is 0 Å². The molecular weight excluding hydrogens is 312 g/mol. The summed E-state index contributed by atoms with van der Waals surface area (Å²) in [6.07, 6.45) is 6.27. The summed E-state index contributed by atoms with van der Waals surface area (Å²) in [7, 11) is -0.179. The van der Waals surface area contributed by atoms with E-state index in [-0.39, 0.29) is 11.9 Å². The summed E-state index contributed by atoms with van der Waals surface area (Å²) in [5, 5.41) is 0. The standard InChI is InChI=1S/C21H32O2Si/c1-5-6-7-9-12-19(17-21(22)23-2)15-16-24(3,4)18-20-13-10-8-11-14-20/h8,10-11,13-14,19H,5-7,9,12,17-18H2,1-4H3/t19-/m1/s1. The van der Waals surface area contributed by atoms with Gasteiger partial charge in [-0.1, -0.05) is 76.0 Å². The van der Waals surface area contributed by atoms with Crippen LogP contribution in [-0.4, -0.2) is 21.2 Å². The molecule has 0 radical (unpaired) electrons. The van der Waals surface area contributed by atoms with Crippen LogP contribution in [0.2, 0.25) is 13.1 Å².